The zero-order valence-corrected chi connectivity index (χ0v) is 9.24. The van der Waals surface area contributed by atoms with Gasteiger partial charge in [0.1, 0.15) is 0 Å². The van der Waals surface area contributed by atoms with E-state index in [0.717, 1.165) is 13.1 Å². The van der Waals surface area contributed by atoms with Crippen LogP contribution in [-0.4, -0.2) is 62.3 Å². The molecule has 0 aromatic heterocycles. The van der Waals surface area contributed by atoms with E-state index in [1.807, 2.05) is 7.11 Å². The highest BCUT2D eigenvalue weighted by Crippen LogP contribution is 2.12. The Balaban J connectivity index is 1.54. The van der Waals surface area contributed by atoms with Gasteiger partial charge in [-0.2, -0.15) is 0 Å². The van der Waals surface area contributed by atoms with Crippen molar-refractivity contribution in [2.24, 2.45) is 0 Å². The molecule has 82 valence electrons. The van der Waals surface area contributed by atoms with Crippen molar-refractivity contribution in [1.29, 1.82) is 0 Å². The molecule has 0 saturated carbocycles. The second-order valence-electron chi connectivity index (χ2n) is 4.52. The van der Waals surface area contributed by atoms with Gasteiger partial charge < -0.3 is 9.64 Å². The molecule has 0 radical (unpaired) electrons. The van der Waals surface area contributed by atoms with Gasteiger partial charge in [-0.15, -0.1) is 0 Å². The first-order valence-corrected chi connectivity index (χ1v) is 5.86. The quantitative estimate of drug-likeness (QED) is 0.664. The highest BCUT2D eigenvalue weighted by atomic mass is 16.5. The summed E-state index contributed by atoms with van der Waals surface area (Å²) in [5, 5.41) is 0. The molecule has 2 fully saturated rings. The third-order valence-electron chi connectivity index (χ3n) is 3.44. The van der Waals surface area contributed by atoms with Crippen LogP contribution in [0.4, 0.5) is 0 Å². The van der Waals surface area contributed by atoms with Crippen molar-refractivity contribution in [2.45, 2.75) is 25.4 Å². The average molecular weight is 198 g/mol. The molecule has 0 bridgehead atoms. The predicted molar refractivity (Wildman–Crippen MR) is 57.5 cm³/mol. The maximum Gasteiger partial charge on any atom is 0.0824 e. The molecule has 2 aliphatic rings. The van der Waals surface area contributed by atoms with E-state index in [1.54, 1.807) is 0 Å². The molecule has 2 rings (SSSR count). The molecule has 14 heavy (non-hydrogen) atoms. The average Bonchev–Trinajstić information content (AvgIpc) is 2.17. The Kier molecular flexibility index (Phi) is 3.79. The van der Waals surface area contributed by atoms with E-state index in [-0.39, 0.29) is 0 Å². The summed E-state index contributed by atoms with van der Waals surface area (Å²) in [6.45, 7) is 7.42. The highest BCUT2D eigenvalue weighted by Gasteiger charge is 2.26. The second kappa shape index (κ2) is 5.10. The van der Waals surface area contributed by atoms with Gasteiger partial charge in [0.2, 0.25) is 0 Å². The Morgan fingerprint density at radius 1 is 1.00 bits per heavy atom. The first-order chi connectivity index (χ1) is 6.88. The smallest absolute Gasteiger partial charge is 0.0824 e. The number of nitrogens with zero attached hydrogens (tertiary/aromatic N) is 2. The lowest BCUT2D eigenvalue weighted by molar-refractivity contribution is -0.0327. The highest BCUT2D eigenvalue weighted by molar-refractivity contribution is 4.81. The van der Waals surface area contributed by atoms with Gasteiger partial charge in [0.15, 0.2) is 0 Å². The Morgan fingerprint density at radius 2 is 1.64 bits per heavy atom. The van der Waals surface area contributed by atoms with E-state index in [9.17, 15) is 0 Å². The van der Waals surface area contributed by atoms with Crippen molar-refractivity contribution in [3.63, 3.8) is 0 Å². The molecule has 0 atom stereocenters. The zero-order valence-electron chi connectivity index (χ0n) is 9.24. The standard InChI is InChI=1S/C11H22N2O/c1-14-11-9-13(10-11)8-7-12-5-3-2-4-6-12/h11H,2-10H2,1H3. The normalized spacial score (nSPS) is 26.4. The third kappa shape index (κ3) is 2.69. The summed E-state index contributed by atoms with van der Waals surface area (Å²) in [6.07, 6.45) is 4.75. The van der Waals surface area contributed by atoms with E-state index < -0.39 is 0 Å². The number of rotatable bonds is 4. The molecule has 0 unspecified atom stereocenters. The third-order valence-corrected chi connectivity index (χ3v) is 3.44. The lowest BCUT2D eigenvalue weighted by atomic mass is 10.1. The number of ether oxygens (including phenoxy) is 1. The van der Waals surface area contributed by atoms with Gasteiger partial charge in [0.25, 0.3) is 0 Å². The first-order valence-electron chi connectivity index (χ1n) is 5.86. The minimum Gasteiger partial charge on any atom is -0.379 e. The lowest BCUT2D eigenvalue weighted by Gasteiger charge is -2.39. The molecule has 0 spiro atoms. The fraction of sp³-hybridized carbons (Fsp3) is 1.00. The largest absolute Gasteiger partial charge is 0.379 e. The molecule has 0 aromatic carbocycles. The molecular weight excluding hydrogens is 176 g/mol. The van der Waals surface area contributed by atoms with Crippen molar-refractivity contribution in [3.05, 3.63) is 0 Å². The van der Waals surface area contributed by atoms with Crippen molar-refractivity contribution in [2.75, 3.05) is 46.4 Å². The predicted octanol–water partition coefficient (Wildman–Crippen LogP) is 0.803. The fourth-order valence-electron chi connectivity index (χ4n) is 2.32. The molecular formula is C11H22N2O. The van der Waals surface area contributed by atoms with Gasteiger partial charge in [-0.3, -0.25) is 4.90 Å². The molecule has 0 aliphatic carbocycles. The van der Waals surface area contributed by atoms with Gasteiger partial charge in [-0.05, 0) is 25.9 Å². The number of hydrogen-bond acceptors (Lipinski definition) is 3. The summed E-state index contributed by atoms with van der Waals surface area (Å²) in [4.78, 5) is 5.09. The van der Waals surface area contributed by atoms with Crippen LogP contribution < -0.4 is 0 Å². The van der Waals surface area contributed by atoms with Crippen LogP contribution in [0.1, 0.15) is 19.3 Å². The van der Waals surface area contributed by atoms with E-state index in [2.05, 4.69) is 9.80 Å². The molecule has 2 aliphatic heterocycles. The molecule has 0 aromatic rings. The van der Waals surface area contributed by atoms with Gasteiger partial charge in [0, 0.05) is 33.3 Å². The number of methoxy groups -OCH3 is 1. The lowest BCUT2D eigenvalue weighted by Crippen LogP contribution is -2.53. The summed E-state index contributed by atoms with van der Waals surface area (Å²) in [6, 6.07) is 0. The number of hydrogen-bond donors (Lipinski definition) is 0. The number of piperidine rings is 1. The van der Waals surface area contributed by atoms with Crippen LogP contribution in [0.5, 0.6) is 0 Å². The van der Waals surface area contributed by atoms with E-state index >= 15 is 0 Å². The molecule has 0 N–H and O–H groups in total. The van der Waals surface area contributed by atoms with Crippen molar-refractivity contribution in [1.82, 2.24) is 9.80 Å². The van der Waals surface area contributed by atoms with Crippen LogP contribution >= 0.6 is 0 Å². The summed E-state index contributed by atoms with van der Waals surface area (Å²) >= 11 is 0. The maximum atomic E-state index is 5.25. The molecule has 2 saturated heterocycles. The van der Waals surface area contributed by atoms with Crippen molar-refractivity contribution in [3.8, 4) is 0 Å². The second-order valence-corrected chi connectivity index (χ2v) is 4.52. The molecule has 3 nitrogen and oxygen atoms in total. The molecule has 0 amide bonds. The Labute approximate surface area is 87.0 Å². The minimum absolute atomic E-state index is 0.511. The molecule has 3 heteroatoms. The summed E-state index contributed by atoms with van der Waals surface area (Å²) < 4.78 is 5.25. The first kappa shape index (κ1) is 10.4. The summed E-state index contributed by atoms with van der Waals surface area (Å²) in [5.74, 6) is 0. The van der Waals surface area contributed by atoms with E-state index in [4.69, 9.17) is 4.74 Å². The van der Waals surface area contributed by atoms with Gasteiger partial charge in [0.05, 0.1) is 6.10 Å². The van der Waals surface area contributed by atoms with Gasteiger partial charge >= 0.3 is 0 Å². The fourth-order valence-corrected chi connectivity index (χ4v) is 2.32. The minimum atomic E-state index is 0.511. The van der Waals surface area contributed by atoms with Crippen molar-refractivity contribution >= 4 is 0 Å². The molecule has 2 heterocycles. The SMILES string of the molecule is COC1CN(CCN2CCCCC2)C1. The zero-order chi connectivity index (χ0) is 9.80. The van der Waals surface area contributed by atoms with Crippen LogP contribution in [0, 0.1) is 0 Å². The summed E-state index contributed by atoms with van der Waals surface area (Å²) in [5.41, 5.74) is 0. The monoisotopic (exact) mass is 198 g/mol. The van der Waals surface area contributed by atoms with Gasteiger partial charge in [-0.1, -0.05) is 6.42 Å². The van der Waals surface area contributed by atoms with Crippen LogP contribution in [-0.2, 0) is 4.74 Å². The van der Waals surface area contributed by atoms with Crippen LogP contribution in [0.25, 0.3) is 0 Å². The maximum absolute atomic E-state index is 5.25. The van der Waals surface area contributed by atoms with E-state index in [1.165, 1.54) is 45.4 Å². The Bertz CT molecular complexity index is 163. The van der Waals surface area contributed by atoms with Crippen molar-refractivity contribution < 1.29 is 4.74 Å². The summed E-state index contributed by atoms with van der Waals surface area (Å²) in [7, 11) is 1.81. The van der Waals surface area contributed by atoms with E-state index in [0.29, 0.717) is 6.10 Å². The van der Waals surface area contributed by atoms with Crippen LogP contribution in [0.2, 0.25) is 0 Å². The van der Waals surface area contributed by atoms with Crippen LogP contribution in [0.15, 0.2) is 0 Å². The number of likely N-dealkylation sites (tertiary alicyclic amines) is 2. The van der Waals surface area contributed by atoms with Gasteiger partial charge in [-0.25, -0.2) is 0 Å². The Hall–Kier alpha value is -0.120. The Morgan fingerprint density at radius 3 is 2.29 bits per heavy atom. The van der Waals surface area contributed by atoms with Crippen LogP contribution in [0.3, 0.4) is 0 Å². The topological polar surface area (TPSA) is 15.7 Å².